The first-order valence-corrected chi connectivity index (χ1v) is 6.72. The number of thiazole rings is 1. The molecule has 0 aliphatic heterocycles. The van der Waals surface area contributed by atoms with Crippen molar-refractivity contribution in [2.75, 3.05) is 5.32 Å². The molecule has 0 saturated heterocycles. The number of nitrogens with one attached hydrogen (secondary N) is 1. The van der Waals surface area contributed by atoms with E-state index in [0.29, 0.717) is 0 Å². The second-order valence-electron chi connectivity index (χ2n) is 4.61. The lowest BCUT2D eigenvalue weighted by Gasteiger charge is -2.23. The minimum Gasteiger partial charge on any atom is -0.302 e. The lowest BCUT2D eigenvalue weighted by atomic mass is 9.85. The fraction of sp³-hybridized carbons (Fsp3) is 0.385. The number of rotatable bonds is 2. The van der Waals surface area contributed by atoms with Crippen LogP contribution in [0, 0.1) is 12.8 Å². The molecule has 1 aromatic carbocycles. The second-order valence-corrected chi connectivity index (χ2v) is 5.64. The molecule has 1 saturated carbocycles. The molecule has 1 amide bonds. The zero-order valence-electron chi connectivity index (χ0n) is 9.69. The summed E-state index contributed by atoms with van der Waals surface area (Å²) in [5, 5.41) is 3.65. The monoisotopic (exact) mass is 246 g/mol. The number of benzene rings is 1. The van der Waals surface area contributed by atoms with E-state index in [0.717, 1.165) is 28.2 Å². The van der Waals surface area contributed by atoms with Gasteiger partial charge >= 0.3 is 0 Å². The summed E-state index contributed by atoms with van der Waals surface area (Å²) in [5.41, 5.74) is 2.18. The van der Waals surface area contributed by atoms with Crippen molar-refractivity contribution >= 4 is 32.6 Å². The zero-order chi connectivity index (χ0) is 11.8. The summed E-state index contributed by atoms with van der Waals surface area (Å²) in [7, 11) is 0. The van der Waals surface area contributed by atoms with Crippen LogP contribution >= 0.6 is 11.3 Å². The highest BCUT2D eigenvalue weighted by Crippen LogP contribution is 2.30. The first-order valence-electron chi connectivity index (χ1n) is 5.90. The van der Waals surface area contributed by atoms with Crippen LogP contribution in [-0.2, 0) is 4.79 Å². The Labute approximate surface area is 104 Å². The maximum absolute atomic E-state index is 11.8. The molecule has 4 heteroatoms. The van der Waals surface area contributed by atoms with Gasteiger partial charge in [0.25, 0.3) is 0 Å². The maximum Gasteiger partial charge on any atom is 0.229 e. The van der Waals surface area contributed by atoms with Gasteiger partial charge in [0.05, 0.1) is 10.2 Å². The van der Waals surface area contributed by atoms with Gasteiger partial charge in [0.1, 0.15) is 0 Å². The summed E-state index contributed by atoms with van der Waals surface area (Å²) in [6.07, 6.45) is 3.22. The van der Waals surface area contributed by atoms with E-state index >= 15 is 0 Å². The SMILES string of the molecule is Cc1ccc2nc(NC(=O)C3CCC3)sc2c1. The van der Waals surface area contributed by atoms with Gasteiger partial charge in [0.2, 0.25) is 5.91 Å². The molecule has 0 spiro atoms. The Morgan fingerprint density at radius 1 is 1.47 bits per heavy atom. The Kier molecular flexibility index (Phi) is 2.59. The molecule has 3 nitrogen and oxygen atoms in total. The number of hydrogen-bond acceptors (Lipinski definition) is 3. The van der Waals surface area contributed by atoms with Gasteiger partial charge in [-0.15, -0.1) is 0 Å². The van der Waals surface area contributed by atoms with Crippen molar-refractivity contribution in [2.24, 2.45) is 5.92 Å². The van der Waals surface area contributed by atoms with Gasteiger partial charge in [0.15, 0.2) is 5.13 Å². The van der Waals surface area contributed by atoms with Crippen molar-refractivity contribution in [3.8, 4) is 0 Å². The van der Waals surface area contributed by atoms with Crippen LogP contribution in [0.1, 0.15) is 24.8 Å². The average molecular weight is 246 g/mol. The molecule has 1 aliphatic rings. The van der Waals surface area contributed by atoms with Gasteiger partial charge in [0, 0.05) is 5.92 Å². The highest BCUT2D eigenvalue weighted by atomic mass is 32.1. The van der Waals surface area contributed by atoms with Gasteiger partial charge in [-0.3, -0.25) is 4.79 Å². The van der Waals surface area contributed by atoms with Crippen LogP contribution < -0.4 is 5.32 Å². The standard InChI is InChI=1S/C13H14N2OS/c1-8-5-6-10-11(7-8)17-13(14-10)15-12(16)9-3-2-4-9/h5-7,9H,2-4H2,1H3,(H,14,15,16). The molecule has 1 N–H and O–H groups in total. The van der Waals surface area contributed by atoms with Crippen molar-refractivity contribution < 1.29 is 4.79 Å². The fourth-order valence-corrected chi connectivity index (χ4v) is 2.93. The largest absolute Gasteiger partial charge is 0.302 e. The molecule has 3 rings (SSSR count). The Balaban J connectivity index is 1.83. The summed E-state index contributed by atoms with van der Waals surface area (Å²) in [4.78, 5) is 16.2. The van der Waals surface area contributed by atoms with Crippen molar-refractivity contribution in [3.05, 3.63) is 23.8 Å². The number of hydrogen-bond donors (Lipinski definition) is 1. The van der Waals surface area contributed by atoms with Crippen LogP contribution in [-0.4, -0.2) is 10.9 Å². The average Bonchev–Trinajstić information content (AvgIpc) is 2.55. The summed E-state index contributed by atoms with van der Waals surface area (Å²) in [6, 6.07) is 6.14. The molecule has 88 valence electrons. The summed E-state index contributed by atoms with van der Waals surface area (Å²) < 4.78 is 1.13. The van der Waals surface area contributed by atoms with E-state index in [4.69, 9.17) is 0 Å². The number of carbonyl (C=O) groups is 1. The minimum atomic E-state index is 0.132. The topological polar surface area (TPSA) is 42.0 Å². The van der Waals surface area contributed by atoms with E-state index in [1.807, 2.05) is 12.1 Å². The molecule has 1 heterocycles. The number of anilines is 1. The molecule has 17 heavy (non-hydrogen) atoms. The highest BCUT2D eigenvalue weighted by molar-refractivity contribution is 7.22. The van der Waals surface area contributed by atoms with Crippen LogP contribution in [0.2, 0.25) is 0 Å². The minimum absolute atomic E-state index is 0.132. The molecule has 2 aromatic rings. The third-order valence-electron chi connectivity index (χ3n) is 3.25. The smallest absolute Gasteiger partial charge is 0.229 e. The van der Waals surface area contributed by atoms with Crippen LogP contribution in [0.5, 0.6) is 0 Å². The predicted octanol–water partition coefficient (Wildman–Crippen LogP) is 3.34. The van der Waals surface area contributed by atoms with Gasteiger partial charge < -0.3 is 5.32 Å². The molecule has 0 radical (unpaired) electrons. The quantitative estimate of drug-likeness (QED) is 0.883. The third kappa shape index (κ3) is 2.05. The zero-order valence-corrected chi connectivity index (χ0v) is 10.5. The number of aromatic nitrogens is 1. The van der Waals surface area contributed by atoms with Gasteiger partial charge in [-0.1, -0.05) is 23.8 Å². The molecule has 0 unspecified atom stereocenters. The van der Waals surface area contributed by atoms with Crippen LogP contribution in [0.4, 0.5) is 5.13 Å². The van der Waals surface area contributed by atoms with E-state index in [1.54, 1.807) is 11.3 Å². The van der Waals surface area contributed by atoms with E-state index in [2.05, 4.69) is 23.3 Å². The van der Waals surface area contributed by atoms with Crippen molar-refractivity contribution in [1.29, 1.82) is 0 Å². The maximum atomic E-state index is 11.8. The van der Waals surface area contributed by atoms with E-state index in [1.165, 1.54) is 12.0 Å². The molecule has 0 atom stereocenters. The van der Waals surface area contributed by atoms with Crippen LogP contribution in [0.25, 0.3) is 10.2 Å². The van der Waals surface area contributed by atoms with Crippen LogP contribution in [0.3, 0.4) is 0 Å². The fourth-order valence-electron chi connectivity index (χ4n) is 1.96. The molecule has 0 bridgehead atoms. The molecule has 1 aromatic heterocycles. The summed E-state index contributed by atoms with van der Waals surface area (Å²) >= 11 is 1.55. The van der Waals surface area contributed by atoms with E-state index in [9.17, 15) is 4.79 Å². The van der Waals surface area contributed by atoms with E-state index < -0.39 is 0 Å². The number of carbonyl (C=O) groups excluding carboxylic acids is 1. The predicted molar refractivity (Wildman–Crippen MR) is 70.3 cm³/mol. The Morgan fingerprint density at radius 2 is 2.29 bits per heavy atom. The summed E-state index contributed by atoms with van der Waals surface area (Å²) in [5.74, 6) is 0.343. The normalized spacial score (nSPS) is 15.8. The molecular formula is C13H14N2OS. The molecule has 1 aliphatic carbocycles. The number of amides is 1. The van der Waals surface area contributed by atoms with E-state index in [-0.39, 0.29) is 11.8 Å². The van der Waals surface area contributed by atoms with Crippen molar-refractivity contribution in [3.63, 3.8) is 0 Å². The van der Waals surface area contributed by atoms with Crippen LogP contribution in [0.15, 0.2) is 18.2 Å². The van der Waals surface area contributed by atoms with Crippen molar-refractivity contribution in [2.45, 2.75) is 26.2 Å². The summed E-state index contributed by atoms with van der Waals surface area (Å²) in [6.45, 7) is 2.06. The van der Waals surface area contributed by atoms with Gasteiger partial charge in [-0.05, 0) is 37.5 Å². The lowest BCUT2D eigenvalue weighted by Crippen LogP contribution is -2.27. The molecule has 1 fully saturated rings. The lowest BCUT2D eigenvalue weighted by molar-refractivity contribution is -0.122. The Hall–Kier alpha value is -1.42. The molecular weight excluding hydrogens is 232 g/mol. The van der Waals surface area contributed by atoms with Gasteiger partial charge in [-0.25, -0.2) is 4.98 Å². The Morgan fingerprint density at radius 3 is 3.00 bits per heavy atom. The third-order valence-corrected chi connectivity index (χ3v) is 4.18. The number of aryl methyl sites for hydroxylation is 1. The van der Waals surface area contributed by atoms with Gasteiger partial charge in [-0.2, -0.15) is 0 Å². The first-order chi connectivity index (χ1) is 8.22. The number of nitrogens with zero attached hydrogens (tertiary/aromatic N) is 1. The first kappa shape index (κ1) is 10.7. The second kappa shape index (κ2) is 4.11. The number of fused-ring (bicyclic) bond motifs is 1. The van der Waals surface area contributed by atoms with Crippen molar-refractivity contribution in [1.82, 2.24) is 4.98 Å². The highest BCUT2D eigenvalue weighted by Gasteiger charge is 2.25. The Bertz CT molecular complexity index is 572.